The van der Waals surface area contributed by atoms with Gasteiger partial charge in [0.15, 0.2) is 6.10 Å². The Morgan fingerprint density at radius 3 is 2.42 bits per heavy atom. The van der Waals surface area contributed by atoms with Gasteiger partial charge in [-0.3, -0.25) is 0 Å². The van der Waals surface area contributed by atoms with Crippen LogP contribution in [0.3, 0.4) is 0 Å². The number of cyclic esters (lactones) is 1. The Bertz CT molecular complexity index is 769. The van der Waals surface area contributed by atoms with Crippen LogP contribution in [-0.4, -0.2) is 30.1 Å². The molecule has 1 amide bonds. The summed E-state index contributed by atoms with van der Waals surface area (Å²) in [5.74, 6) is 0. The van der Waals surface area contributed by atoms with Crippen molar-refractivity contribution in [3.05, 3.63) is 47.0 Å². The molecule has 0 aromatic heterocycles. The fourth-order valence-electron chi connectivity index (χ4n) is 3.50. The molecule has 3 atom stereocenters. The minimum absolute atomic E-state index is 0.487. The lowest BCUT2D eigenvalue weighted by molar-refractivity contribution is 0.132. The van der Waals surface area contributed by atoms with Crippen LogP contribution in [0.15, 0.2) is 41.5 Å². The highest BCUT2D eigenvalue weighted by Crippen LogP contribution is 2.38. The van der Waals surface area contributed by atoms with E-state index in [2.05, 4.69) is 0 Å². The molecule has 130 valence electrons. The molecule has 1 aromatic carbocycles. The number of rotatable bonds is 3. The van der Waals surface area contributed by atoms with E-state index in [1.54, 1.807) is 6.92 Å². The van der Waals surface area contributed by atoms with Crippen LogP contribution in [0.4, 0.5) is 4.79 Å². The van der Waals surface area contributed by atoms with Crippen molar-refractivity contribution in [3.63, 3.8) is 0 Å². The Kier molecular flexibility index (Phi) is 4.42. The van der Waals surface area contributed by atoms with Crippen LogP contribution in [0.25, 0.3) is 0 Å². The number of sulfonamides is 1. The molecule has 0 bridgehead atoms. The Labute approximate surface area is 143 Å². The van der Waals surface area contributed by atoms with Crippen LogP contribution in [0.5, 0.6) is 0 Å². The van der Waals surface area contributed by atoms with E-state index in [-0.39, 0.29) is 0 Å². The maximum Gasteiger partial charge on any atom is 0.424 e. The molecule has 0 N–H and O–H groups in total. The largest absolute Gasteiger partial charge is 0.438 e. The van der Waals surface area contributed by atoms with Crippen LogP contribution >= 0.6 is 0 Å². The number of carbonyl (C=O) groups excluding carboxylic acids is 1. The van der Waals surface area contributed by atoms with Gasteiger partial charge in [-0.1, -0.05) is 41.5 Å². The number of allylic oxidation sites excluding steroid dienone is 2. The first-order valence-electron chi connectivity index (χ1n) is 8.26. The fourth-order valence-corrected chi connectivity index (χ4v) is 5.52. The lowest BCUT2D eigenvalue weighted by atomic mass is 9.94. The van der Waals surface area contributed by atoms with Crippen molar-refractivity contribution in [1.29, 1.82) is 0 Å². The third-order valence-corrected chi connectivity index (χ3v) is 7.42. The van der Waals surface area contributed by atoms with Gasteiger partial charge in [0, 0.05) is 0 Å². The summed E-state index contributed by atoms with van der Waals surface area (Å²) in [6.07, 6.45) is 0.476. The first-order valence-corrected chi connectivity index (χ1v) is 9.76. The number of carbonyl (C=O) groups is 1. The number of hydrogen-bond acceptors (Lipinski definition) is 4. The summed E-state index contributed by atoms with van der Waals surface area (Å²) in [6.45, 7) is 5.74. The van der Waals surface area contributed by atoms with Crippen molar-refractivity contribution >= 4 is 16.1 Å². The zero-order valence-electron chi connectivity index (χ0n) is 14.2. The van der Waals surface area contributed by atoms with Gasteiger partial charge in [0.2, 0.25) is 10.0 Å². The molecule has 1 unspecified atom stereocenters. The molecule has 1 heterocycles. The fraction of sp³-hybridized carbons (Fsp3) is 0.500. The number of hydrogen-bond donors (Lipinski definition) is 0. The molecule has 24 heavy (non-hydrogen) atoms. The second kappa shape index (κ2) is 6.24. The minimum atomic E-state index is -3.73. The van der Waals surface area contributed by atoms with Crippen molar-refractivity contribution in [1.82, 2.24) is 4.31 Å². The summed E-state index contributed by atoms with van der Waals surface area (Å²) in [5.41, 5.74) is 3.17. The van der Waals surface area contributed by atoms with Gasteiger partial charge in [-0.05, 0) is 45.6 Å². The van der Waals surface area contributed by atoms with Gasteiger partial charge in [-0.15, -0.1) is 0 Å². The van der Waals surface area contributed by atoms with E-state index in [4.69, 9.17) is 4.74 Å². The third-order valence-electron chi connectivity index (χ3n) is 5.14. The van der Waals surface area contributed by atoms with E-state index < -0.39 is 33.5 Å². The molecule has 0 saturated carbocycles. The highest BCUT2D eigenvalue weighted by molar-refractivity contribution is 7.90. The van der Waals surface area contributed by atoms with E-state index in [1.807, 2.05) is 44.2 Å². The zero-order chi connectivity index (χ0) is 17.5. The summed E-state index contributed by atoms with van der Waals surface area (Å²) >= 11 is 0. The van der Waals surface area contributed by atoms with Gasteiger partial charge in [0.05, 0.1) is 11.3 Å². The normalized spacial score (nSPS) is 28.2. The highest BCUT2D eigenvalue weighted by Gasteiger charge is 2.49. The molecule has 0 spiro atoms. The van der Waals surface area contributed by atoms with Crippen LogP contribution in [0, 0.1) is 0 Å². The Morgan fingerprint density at radius 1 is 1.12 bits per heavy atom. The number of nitrogens with zero attached hydrogens (tertiary/aromatic N) is 1. The molecule has 1 fully saturated rings. The smallest absolute Gasteiger partial charge is 0.424 e. The molecule has 0 radical (unpaired) electrons. The first-order chi connectivity index (χ1) is 11.3. The van der Waals surface area contributed by atoms with Gasteiger partial charge >= 0.3 is 6.09 Å². The van der Waals surface area contributed by atoms with Gasteiger partial charge in [0.1, 0.15) is 0 Å². The Hall–Kier alpha value is -1.82. The SMILES string of the molecule is CC1=C(C)CC(S(=O)(=O)N2C(=O)O[C@H](c3ccccc3)[C@@H]2C)CC1. The van der Waals surface area contributed by atoms with Gasteiger partial charge in [0.25, 0.3) is 0 Å². The van der Waals surface area contributed by atoms with Gasteiger partial charge in [-0.2, -0.15) is 4.31 Å². The van der Waals surface area contributed by atoms with Crippen LogP contribution in [0.1, 0.15) is 51.7 Å². The predicted molar refractivity (Wildman–Crippen MR) is 91.9 cm³/mol. The van der Waals surface area contributed by atoms with Crippen molar-refractivity contribution < 1.29 is 17.9 Å². The lowest BCUT2D eigenvalue weighted by Crippen LogP contribution is -2.44. The molecule has 2 aliphatic rings. The van der Waals surface area contributed by atoms with E-state index in [0.717, 1.165) is 21.9 Å². The Morgan fingerprint density at radius 2 is 1.79 bits per heavy atom. The van der Waals surface area contributed by atoms with Gasteiger partial charge in [-0.25, -0.2) is 13.2 Å². The average Bonchev–Trinajstić information content (AvgIpc) is 2.86. The standard InChI is InChI=1S/C18H23NO4S/c1-12-9-10-16(11-13(12)2)24(21,22)19-14(3)17(23-18(19)20)15-7-5-4-6-8-15/h4-8,14,16-17H,9-11H2,1-3H3/t14-,16?,17-/m0/s1. The molecule has 1 aromatic rings. The zero-order valence-corrected chi connectivity index (χ0v) is 15.0. The van der Waals surface area contributed by atoms with Crippen molar-refractivity contribution in [2.24, 2.45) is 0 Å². The molecular weight excluding hydrogens is 326 g/mol. The van der Waals surface area contributed by atoms with Crippen molar-refractivity contribution in [2.75, 3.05) is 0 Å². The van der Waals surface area contributed by atoms with E-state index in [9.17, 15) is 13.2 Å². The number of ether oxygens (including phenoxy) is 1. The molecular formula is C18H23NO4S. The molecule has 1 aliphatic heterocycles. The maximum absolute atomic E-state index is 13.0. The summed E-state index contributed by atoms with van der Waals surface area (Å²) in [6, 6.07) is 8.73. The quantitative estimate of drug-likeness (QED) is 0.779. The summed E-state index contributed by atoms with van der Waals surface area (Å²) < 4.78 is 32.4. The van der Waals surface area contributed by atoms with Crippen LogP contribution in [-0.2, 0) is 14.8 Å². The molecule has 1 saturated heterocycles. The van der Waals surface area contributed by atoms with E-state index in [1.165, 1.54) is 5.57 Å². The summed E-state index contributed by atoms with van der Waals surface area (Å²) in [4.78, 5) is 12.3. The highest BCUT2D eigenvalue weighted by atomic mass is 32.2. The second-order valence-corrected chi connectivity index (χ2v) is 8.81. The monoisotopic (exact) mass is 349 g/mol. The molecule has 6 heteroatoms. The second-order valence-electron chi connectivity index (χ2n) is 6.72. The van der Waals surface area contributed by atoms with Crippen molar-refractivity contribution in [2.45, 2.75) is 57.4 Å². The number of amides is 1. The van der Waals surface area contributed by atoms with Crippen LogP contribution in [0.2, 0.25) is 0 Å². The molecule has 1 aliphatic carbocycles. The topological polar surface area (TPSA) is 63.7 Å². The van der Waals surface area contributed by atoms with E-state index in [0.29, 0.717) is 12.8 Å². The molecule has 3 rings (SSSR count). The third kappa shape index (κ3) is 2.83. The summed E-state index contributed by atoms with van der Waals surface area (Å²) in [5, 5.41) is -0.550. The first kappa shape index (κ1) is 17.0. The predicted octanol–water partition coefficient (Wildman–Crippen LogP) is 3.79. The average molecular weight is 349 g/mol. The Balaban J connectivity index is 1.87. The van der Waals surface area contributed by atoms with Crippen molar-refractivity contribution in [3.8, 4) is 0 Å². The maximum atomic E-state index is 13.0. The van der Waals surface area contributed by atoms with E-state index >= 15 is 0 Å². The number of benzene rings is 1. The summed E-state index contributed by atoms with van der Waals surface area (Å²) in [7, 11) is -3.73. The molecule has 5 nitrogen and oxygen atoms in total. The lowest BCUT2D eigenvalue weighted by Gasteiger charge is -2.29. The minimum Gasteiger partial charge on any atom is -0.438 e. The van der Waals surface area contributed by atoms with Crippen LogP contribution < -0.4 is 0 Å². The van der Waals surface area contributed by atoms with Gasteiger partial charge < -0.3 is 4.74 Å².